The number of piperazine rings is 1. The molecule has 1 aromatic heterocycles. The Morgan fingerprint density at radius 2 is 1.82 bits per heavy atom. The fourth-order valence-corrected chi connectivity index (χ4v) is 4.15. The summed E-state index contributed by atoms with van der Waals surface area (Å²) >= 11 is 1.65. The summed E-state index contributed by atoms with van der Waals surface area (Å²) in [5.74, 6) is 0.279. The van der Waals surface area contributed by atoms with Crippen molar-refractivity contribution in [2.24, 2.45) is 0 Å². The second-order valence-corrected chi connectivity index (χ2v) is 8.26. The fraction of sp³-hybridized carbons (Fsp3) is 0.455. The maximum atomic E-state index is 12.5. The number of amides is 2. The zero-order chi connectivity index (χ0) is 19.8. The van der Waals surface area contributed by atoms with Crippen molar-refractivity contribution in [3.63, 3.8) is 0 Å². The van der Waals surface area contributed by atoms with Gasteiger partial charge in [0.2, 0.25) is 11.8 Å². The average Bonchev–Trinajstić information content (AvgIpc) is 3.26. The Morgan fingerprint density at radius 3 is 2.50 bits per heavy atom. The smallest absolute Gasteiger partial charge is 0.237 e. The van der Waals surface area contributed by atoms with Crippen molar-refractivity contribution in [3.8, 4) is 0 Å². The first kappa shape index (κ1) is 20.6. The molecule has 1 fully saturated rings. The van der Waals surface area contributed by atoms with Gasteiger partial charge in [-0.2, -0.15) is 0 Å². The molecule has 1 N–H and O–H groups in total. The molecule has 1 aliphatic heterocycles. The molecule has 1 unspecified atom stereocenters. The molecule has 1 atom stereocenters. The van der Waals surface area contributed by atoms with Crippen molar-refractivity contribution in [1.29, 1.82) is 0 Å². The fourth-order valence-electron chi connectivity index (χ4n) is 3.51. The third-order valence-corrected chi connectivity index (χ3v) is 6.19. The van der Waals surface area contributed by atoms with Crippen LogP contribution in [0.5, 0.6) is 0 Å². The maximum Gasteiger partial charge on any atom is 0.237 e. The summed E-state index contributed by atoms with van der Waals surface area (Å²) in [6.07, 6.45) is 2.41. The van der Waals surface area contributed by atoms with Crippen LogP contribution in [-0.2, 0) is 22.6 Å². The third kappa shape index (κ3) is 5.91. The molecule has 0 bridgehead atoms. The molecule has 28 heavy (non-hydrogen) atoms. The Labute approximate surface area is 171 Å². The lowest BCUT2D eigenvalue weighted by Gasteiger charge is -2.37. The summed E-state index contributed by atoms with van der Waals surface area (Å²) in [5.41, 5.74) is 1.28. The van der Waals surface area contributed by atoms with E-state index < -0.39 is 0 Å². The number of thiophene rings is 1. The molecule has 2 aromatic rings. The summed E-state index contributed by atoms with van der Waals surface area (Å²) in [4.78, 5) is 30.1. The molecule has 5 nitrogen and oxygen atoms in total. The van der Waals surface area contributed by atoms with Crippen LogP contribution in [0.2, 0.25) is 0 Å². The molecule has 0 spiro atoms. The predicted octanol–water partition coefficient (Wildman–Crippen LogP) is 2.92. The molecule has 3 rings (SSSR count). The van der Waals surface area contributed by atoms with Crippen molar-refractivity contribution in [1.82, 2.24) is 15.1 Å². The summed E-state index contributed by atoms with van der Waals surface area (Å²) in [6.45, 7) is 5.43. The van der Waals surface area contributed by atoms with Gasteiger partial charge < -0.3 is 10.2 Å². The Balaban J connectivity index is 1.35. The van der Waals surface area contributed by atoms with Crippen molar-refractivity contribution in [2.75, 3.05) is 26.2 Å². The van der Waals surface area contributed by atoms with Crippen LogP contribution in [0.15, 0.2) is 47.8 Å². The summed E-state index contributed by atoms with van der Waals surface area (Å²) in [5, 5.41) is 5.02. The zero-order valence-corrected chi connectivity index (χ0v) is 17.3. The van der Waals surface area contributed by atoms with Crippen molar-refractivity contribution >= 4 is 23.2 Å². The second kappa shape index (κ2) is 10.4. The summed E-state index contributed by atoms with van der Waals surface area (Å²) in [7, 11) is 0. The molecule has 2 heterocycles. The lowest BCUT2D eigenvalue weighted by Crippen LogP contribution is -2.54. The van der Waals surface area contributed by atoms with Gasteiger partial charge in [-0.05, 0) is 36.8 Å². The van der Waals surface area contributed by atoms with E-state index in [2.05, 4.69) is 22.3 Å². The highest BCUT2D eigenvalue weighted by atomic mass is 32.1. The van der Waals surface area contributed by atoms with E-state index in [0.717, 1.165) is 30.8 Å². The minimum atomic E-state index is -0.171. The first-order valence-electron chi connectivity index (χ1n) is 9.99. The van der Waals surface area contributed by atoms with Gasteiger partial charge in [0.25, 0.3) is 0 Å². The maximum absolute atomic E-state index is 12.5. The number of carbonyl (C=O) groups excluding carboxylic acids is 2. The van der Waals surface area contributed by atoms with Crippen LogP contribution in [0.4, 0.5) is 0 Å². The average molecular weight is 400 g/mol. The van der Waals surface area contributed by atoms with E-state index in [0.29, 0.717) is 26.1 Å². The highest BCUT2D eigenvalue weighted by Gasteiger charge is 2.27. The van der Waals surface area contributed by atoms with Gasteiger partial charge in [-0.25, -0.2) is 0 Å². The Hall–Kier alpha value is -2.18. The molecule has 0 radical (unpaired) electrons. The molecule has 0 saturated carbocycles. The zero-order valence-electron chi connectivity index (χ0n) is 16.5. The van der Waals surface area contributed by atoms with Gasteiger partial charge in [0, 0.05) is 37.5 Å². The lowest BCUT2D eigenvalue weighted by molar-refractivity contribution is -0.134. The van der Waals surface area contributed by atoms with Gasteiger partial charge in [-0.3, -0.25) is 14.5 Å². The van der Waals surface area contributed by atoms with E-state index in [9.17, 15) is 9.59 Å². The van der Waals surface area contributed by atoms with E-state index in [1.807, 2.05) is 47.5 Å². The van der Waals surface area contributed by atoms with Gasteiger partial charge in [-0.15, -0.1) is 11.3 Å². The number of nitrogens with zero attached hydrogens (tertiary/aromatic N) is 2. The summed E-state index contributed by atoms with van der Waals surface area (Å²) in [6, 6.07) is 14.1. The highest BCUT2D eigenvalue weighted by molar-refractivity contribution is 7.09. The Morgan fingerprint density at radius 1 is 1.07 bits per heavy atom. The predicted molar refractivity (Wildman–Crippen MR) is 113 cm³/mol. The standard InChI is InChI=1S/C22H29N3O2S/c1-18(22(27)23-17-20-10-6-16-28-20)24-12-14-25(15-13-24)21(26)11-5-9-19-7-3-2-4-8-19/h2-4,6-8,10,16,18H,5,9,11-15,17H2,1H3,(H,23,27). The van der Waals surface area contributed by atoms with Crippen LogP contribution in [0.1, 0.15) is 30.2 Å². The van der Waals surface area contributed by atoms with E-state index >= 15 is 0 Å². The number of aryl methyl sites for hydroxylation is 1. The topological polar surface area (TPSA) is 52.7 Å². The first-order valence-corrected chi connectivity index (χ1v) is 10.9. The molecular formula is C22H29N3O2S. The van der Waals surface area contributed by atoms with Crippen LogP contribution in [0, 0.1) is 0 Å². The molecule has 150 valence electrons. The van der Waals surface area contributed by atoms with E-state index in [1.54, 1.807) is 11.3 Å². The van der Waals surface area contributed by atoms with Gasteiger partial charge in [0.15, 0.2) is 0 Å². The summed E-state index contributed by atoms with van der Waals surface area (Å²) < 4.78 is 0. The van der Waals surface area contributed by atoms with E-state index in [4.69, 9.17) is 0 Å². The molecular weight excluding hydrogens is 370 g/mol. The number of carbonyl (C=O) groups is 2. The lowest BCUT2D eigenvalue weighted by atomic mass is 10.1. The quantitative estimate of drug-likeness (QED) is 0.743. The largest absolute Gasteiger partial charge is 0.350 e. The van der Waals surface area contributed by atoms with Crippen LogP contribution in [0.3, 0.4) is 0 Å². The normalized spacial score (nSPS) is 16.0. The minimum absolute atomic E-state index is 0.0519. The molecule has 1 aromatic carbocycles. The van der Waals surface area contributed by atoms with Gasteiger partial charge in [-0.1, -0.05) is 36.4 Å². The molecule has 1 aliphatic rings. The second-order valence-electron chi connectivity index (χ2n) is 7.23. The SMILES string of the molecule is CC(C(=O)NCc1cccs1)N1CCN(C(=O)CCCc2ccccc2)CC1. The van der Waals surface area contributed by atoms with Gasteiger partial charge in [0.05, 0.1) is 12.6 Å². The molecule has 6 heteroatoms. The van der Waals surface area contributed by atoms with Crippen LogP contribution < -0.4 is 5.32 Å². The number of benzene rings is 1. The minimum Gasteiger partial charge on any atom is -0.350 e. The van der Waals surface area contributed by atoms with Crippen LogP contribution in [-0.4, -0.2) is 53.8 Å². The number of hydrogen-bond acceptors (Lipinski definition) is 4. The van der Waals surface area contributed by atoms with Gasteiger partial charge in [0.1, 0.15) is 0 Å². The van der Waals surface area contributed by atoms with Crippen LogP contribution >= 0.6 is 11.3 Å². The Bertz CT molecular complexity index is 740. The first-order chi connectivity index (χ1) is 13.6. The number of nitrogens with one attached hydrogen (secondary N) is 1. The van der Waals surface area contributed by atoms with Crippen molar-refractivity contribution in [2.45, 2.75) is 38.8 Å². The monoisotopic (exact) mass is 399 g/mol. The van der Waals surface area contributed by atoms with Crippen molar-refractivity contribution in [3.05, 3.63) is 58.3 Å². The third-order valence-electron chi connectivity index (χ3n) is 5.31. The molecule has 1 saturated heterocycles. The molecule has 0 aliphatic carbocycles. The number of hydrogen-bond donors (Lipinski definition) is 1. The van der Waals surface area contributed by atoms with Crippen molar-refractivity contribution < 1.29 is 9.59 Å². The highest BCUT2D eigenvalue weighted by Crippen LogP contribution is 2.12. The Kier molecular flexibility index (Phi) is 7.62. The van der Waals surface area contributed by atoms with E-state index in [1.165, 1.54) is 5.56 Å². The van der Waals surface area contributed by atoms with Crippen LogP contribution in [0.25, 0.3) is 0 Å². The number of rotatable bonds is 8. The van der Waals surface area contributed by atoms with Gasteiger partial charge >= 0.3 is 0 Å². The molecule has 2 amide bonds. The van der Waals surface area contributed by atoms with E-state index in [-0.39, 0.29) is 17.9 Å².